The number of amides is 3. The van der Waals surface area contributed by atoms with Crippen LogP contribution in [0.4, 0.5) is 10.5 Å². The summed E-state index contributed by atoms with van der Waals surface area (Å²) in [7, 11) is 0. The van der Waals surface area contributed by atoms with Crippen molar-refractivity contribution in [1.82, 2.24) is 5.32 Å². The minimum atomic E-state index is -1.07. The van der Waals surface area contributed by atoms with E-state index >= 15 is 0 Å². The van der Waals surface area contributed by atoms with Crippen LogP contribution in [0.3, 0.4) is 0 Å². The average Bonchev–Trinajstić information content (AvgIpc) is 2.58. The van der Waals surface area contributed by atoms with E-state index in [2.05, 4.69) is 10.6 Å². The molecule has 26 heavy (non-hydrogen) atoms. The Morgan fingerprint density at radius 2 is 1.81 bits per heavy atom. The van der Waals surface area contributed by atoms with Crippen LogP contribution in [-0.2, 0) is 14.3 Å². The molecular formula is C17H23N3O5S. The number of esters is 1. The number of nitrogens with two attached hydrogens (primary N) is 1. The predicted octanol–water partition coefficient (Wildman–Crippen LogP) is 1.55. The average molecular weight is 381 g/mol. The lowest BCUT2D eigenvalue weighted by Gasteiger charge is -2.19. The molecule has 8 nitrogen and oxygen atoms in total. The maximum Gasteiger partial charge on any atom is 0.329 e. The third kappa shape index (κ3) is 7.14. The lowest BCUT2D eigenvalue weighted by atomic mass is 10.1. The molecule has 0 saturated carbocycles. The molecule has 1 rings (SSSR count). The quantitative estimate of drug-likeness (QED) is 0.440. The van der Waals surface area contributed by atoms with Crippen LogP contribution < -0.4 is 16.4 Å². The molecule has 0 saturated heterocycles. The van der Waals surface area contributed by atoms with Gasteiger partial charge < -0.3 is 21.1 Å². The zero-order valence-corrected chi connectivity index (χ0v) is 15.7. The summed E-state index contributed by atoms with van der Waals surface area (Å²) in [5.74, 6) is -0.726. The van der Waals surface area contributed by atoms with Crippen molar-refractivity contribution in [3.8, 4) is 0 Å². The first-order chi connectivity index (χ1) is 12.2. The number of thioether (sulfide) groups is 1. The van der Waals surface area contributed by atoms with Crippen LogP contribution >= 0.6 is 11.8 Å². The fourth-order valence-electron chi connectivity index (χ4n) is 2.00. The van der Waals surface area contributed by atoms with E-state index in [9.17, 15) is 19.2 Å². The molecule has 0 radical (unpaired) electrons. The van der Waals surface area contributed by atoms with Gasteiger partial charge in [-0.05, 0) is 56.5 Å². The number of primary amides is 1. The van der Waals surface area contributed by atoms with E-state index in [4.69, 9.17) is 10.5 Å². The topological polar surface area (TPSA) is 128 Å². The maximum absolute atomic E-state index is 12.2. The number of ether oxygens (including phenoxy) is 1. The number of hydrogen-bond acceptors (Lipinski definition) is 6. The Balaban J connectivity index is 2.64. The van der Waals surface area contributed by atoms with E-state index in [1.807, 2.05) is 6.26 Å². The number of Topliss-reactive ketones (excluding diaryl/α,β-unsaturated/α-hetero) is 1. The number of carbonyl (C=O) groups is 4. The molecule has 142 valence electrons. The van der Waals surface area contributed by atoms with Crippen molar-refractivity contribution in [2.24, 2.45) is 5.73 Å². The second-order valence-corrected chi connectivity index (χ2v) is 6.53. The van der Waals surface area contributed by atoms with Gasteiger partial charge >= 0.3 is 12.0 Å². The van der Waals surface area contributed by atoms with Crippen LogP contribution in [0.2, 0.25) is 0 Å². The third-order valence-electron chi connectivity index (χ3n) is 3.43. The van der Waals surface area contributed by atoms with E-state index in [-0.39, 0.29) is 5.78 Å². The van der Waals surface area contributed by atoms with Gasteiger partial charge in [-0.1, -0.05) is 0 Å². The number of benzene rings is 1. The van der Waals surface area contributed by atoms with Crippen LogP contribution in [0.15, 0.2) is 24.3 Å². The van der Waals surface area contributed by atoms with Crippen molar-refractivity contribution < 1.29 is 23.9 Å². The Morgan fingerprint density at radius 3 is 2.31 bits per heavy atom. The smallest absolute Gasteiger partial charge is 0.329 e. The highest BCUT2D eigenvalue weighted by molar-refractivity contribution is 7.98. The van der Waals surface area contributed by atoms with Gasteiger partial charge in [-0.15, -0.1) is 0 Å². The first-order valence-electron chi connectivity index (χ1n) is 7.91. The summed E-state index contributed by atoms with van der Waals surface area (Å²) in [5, 5.41) is 4.91. The number of rotatable bonds is 9. The Kier molecular flexibility index (Phi) is 8.63. The molecule has 4 N–H and O–H groups in total. The van der Waals surface area contributed by atoms with Crippen molar-refractivity contribution in [2.75, 3.05) is 17.3 Å². The van der Waals surface area contributed by atoms with Crippen LogP contribution in [0.25, 0.3) is 0 Å². The predicted molar refractivity (Wildman–Crippen MR) is 100 cm³/mol. The SMILES string of the molecule is CSCC[C@@H](NC(N)=O)C(=O)O[C@@H](C)C(=O)Nc1ccc(C(C)=O)cc1. The number of urea groups is 1. The molecule has 0 bridgehead atoms. The molecular weight excluding hydrogens is 358 g/mol. The number of hydrogen-bond donors (Lipinski definition) is 3. The van der Waals surface area contributed by atoms with Gasteiger partial charge in [-0.2, -0.15) is 11.8 Å². The molecule has 0 aliphatic rings. The Labute approximate surface area is 156 Å². The minimum absolute atomic E-state index is 0.0802. The highest BCUT2D eigenvalue weighted by atomic mass is 32.2. The van der Waals surface area contributed by atoms with Crippen molar-refractivity contribution in [3.05, 3.63) is 29.8 Å². The Bertz CT molecular complexity index is 663. The molecule has 0 fully saturated rings. The van der Waals surface area contributed by atoms with Crippen molar-refractivity contribution >= 4 is 41.1 Å². The molecule has 0 aliphatic heterocycles. The van der Waals surface area contributed by atoms with Crippen LogP contribution in [0, 0.1) is 0 Å². The van der Waals surface area contributed by atoms with Gasteiger partial charge in [0.1, 0.15) is 6.04 Å². The zero-order valence-electron chi connectivity index (χ0n) is 14.9. The summed E-state index contributed by atoms with van der Waals surface area (Å²) in [6, 6.07) is 4.59. The Hall–Kier alpha value is -2.55. The highest BCUT2D eigenvalue weighted by Crippen LogP contribution is 2.11. The molecule has 3 amide bonds. The van der Waals surface area contributed by atoms with Crippen molar-refractivity contribution in [3.63, 3.8) is 0 Å². The molecule has 2 atom stereocenters. The third-order valence-corrected chi connectivity index (χ3v) is 4.08. The first kappa shape index (κ1) is 21.5. The van der Waals surface area contributed by atoms with E-state index < -0.39 is 30.1 Å². The fraction of sp³-hybridized carbons (Fsp3) is 0.412. The summed E-state index contributed by atoms with van der Waals surface area (Å²) in [5.41, 5.74) is 6.06. The summed E-state index contributed by atoms with van der Waals surface area (Å²) >= 11 is 1.50. The first-order valence-corrected chi connectivity index (χ1v) is 9.31. The van der Waals surface area contributed by atoms with E-state index in [0.717, 1.165) is 0 Å². The molecule has 0 aliphatic carbocycles. The van der Waals surface area contributed by atoms with Gasteiger partial charge in [0, 0.05) is 11.3 Å². The van der Waals surface area contributed by atoms with Gasteiger partial charge in [0.25, 0.3) is 5.91 Å². The summed E-state index contributed by atoms with van der Waals surface area (Å²) in [6.45, 7) is 2.87. The van der Waals surface area contributed by atoms with Gasteiger partial charge in [-0.3, -0.25) is 9.59 Å². The minimum Gasteiger partial charge on any atom is -0.451 e. The van der Waals surface area contributed by atoms with Crippen LogP contribution in [0.5, 0.6) is 0 Å². The second-order valence-electron chi connectivity index (χ2n) is 5.54. The van der Waals surface area contributed by atoms with Gasteiger partial charge in [0.2, 0.25) is 0 Å². The number of nitrogens with one attached hydrogen (secondary N) is 2. The lowest BCUT2D eigenvalue weighted by Crippen LogP contribution is -2.46. The monoisotopic (exact) mass is 381 g/mol. The van der Waals surface area contributed by atoms with E-state index in [1.54, 1.807) is 24.3 Å². The summed E-state index contributed by atoms with van der Waals surface area (Å²) in [4.78, 5) is 46.6. The summed E-state index contributed by atoms with van der Waals surface area (Å²) < 4.78 is 5.12. The van der Waals surface area contributed by atoms with Crippen molar-refractivity contribution in [2.45, 2.75) is 32.4 Å². The normalized spacial score (nSPS) is 12.6. The van der Waals surface area contributed by atoms with E-state index in [1.165, 1.54) is 25.6 Å². The van der Waals surface area contributed by atoms with Crippen molar-refractivity contribution in [1.29, 1.82) is 0 Å². The lowest BCUT2D eigenvalue weighted by molar-refractivity contribution is -0.155. The molecule has 1 aromatic rings. The van der Waals surface area contributed by atoms with Crippen LogP contribution in [-0.4, -0.2) is 47.8 Å². The number of carbonyl (C=O) groups excluding carboxylic acids is 4. The molecule has 1 aromatic carbocycles. The largest absolute Gasteiger partial charge is 0.451 e. The van der Waals surface area contributed by atoms with Gasteiger partial charge in [0.15, 0.2) is 11.9 Å². The Morgan fingerprint density at radius 1 is 1.19 bits per heavy atom. The van der Waals surface area contributed by atoms with Crippen LogP contribution in [0.1, 0.15) is 30.6 Å². The zero-order chi connectivity index (χ0) is 19.7. The maximum atomic E-state index is 12.2. The fourth-order valence-corrected chi connectivity index (χ4v) is 2.47. The molecule has 9 heteroatoms. The molecule has 0 heterocycles. The molecule has 0 aromatic heterocycles. The standard InChI is InChI=1S/C17H23N3O5S/c1-10(21)12-4-6-13(7-5-12)19-15(22)11(2)25-16(23)14(8-9-26-3)20-17(18)24/h4-7,11,14H,8-9H2,1-3H3,(H,19,22)(H3,18,20,24)/t11-,14+/m0/s1. The number of anilines is 1. The van der Waals surface area contributed by atoms with Gasteiger partial charge in [-0.25, -0.2) is 9.59 Å². The second kappa shape index (κ2) is 10.4. The summed E-state index contributed by atoms with van der Waals surface area (Å²) in [6.07, 6.45) is 1.13. The molecule has 0 spiro atoms. The highest BCUT2D eigenvalue weighted by Gasteiger charge is 2.25. The van der Waals surface area contributed by atoms with E-state index in [0.29, 0.717) is 23.4 Å². The number of ketones is 1. The van der Waals surface area contributed by atoms with Gasteiger partial charge in [0.05, 0.1) is 0 Å². The molecule has 0 unspecified atom stereocenters.